The highest BCUT2D eigenvalue weighted by Gasteiger charge is 2.06. The van der Waals surface area contributed by atoms with E-state index in [1.165, 1.54) is 6.26 Å². The zero-order valence-corrected chi connectivity index (χ0v) is 10.7. The van der Waals surface area contributed by atoms with Gasteiger partial charge in [0.25, 0.3) is 0 Å². The van der Waals surface area contributed by atoms with Gasteiger partial charge in [-0.1, -0.05) is 0 Å². The van der Waals surface area contributed by atoms with Gasteiger partial charge < -0.3 is 9.47 Å². The van der Waals surface area contributed by atoms with E-state index in [9.17, 15) is 13.2 Å². The predicted molar refractivity (Wildman–Crippen MR) is 61.3 cm³/mol. The standard InChI is InChI=1S/C10H20O5S/c1-14-7-8-15-6-5-10(11)4-3-9-16(2,12)13/h3-9H2,1-2H3. The minimum Gasteiger partial charge on any atom is -0.382 e. The third-order valence-corrected chi connectivity index (χ3v) is 2.96. The van der Waals surface area contributed by atoms with Crippen LogP contribution in [0.25, 0.3) is 0 Å². The second-order valence-corrected chi connectivity index (χ2v) is 5.89. The van der Waals surface area contributed by atoms with E-state index in [-0.39, 0.29) is 11.5 Å². The molecule has 0 aliphatic heterocycles. The Morgan fingerprint density at radius 1 is 1.12 bits per heavy atom. The summed E-state index contributed by atoms with van der Waals surface area (Å²) in [7, 11) is -1.37. The molecule has 5 nitrogen and oxygen atoms in total. The first-order valence-electron chi connectivity index (χ1n) is 5.22. The van der Waals surface area contributed by atoms with Crippen molar-refractivity contribution in [2.45, 2.75) is 19.3 Å². The number of sulfone groups is 1. The molecule has 0 saturated carbocycles. The number of methoxy groups -OCH3 is 1. The smallest absolute Gasteiger partial charge is 0.147 e. The van der Waals surface area contributed by atoms with Crippen LogP contribution in [0, 0.1) is 0 Å². The van der Waals surface area contributed by atoms with Crippen LogP contribution < -0.4 is 0 Å². The maximum Gasteiger partial charge on any atom is 0.147 e. The minimum atomic E-state index is -2.95. The van der Waals surface area contributed by atoms with Gasteiger partial charge in [-0.15, -0.1) is 0 Å². The van der Waals surface area contributed by atoms with Crippen LogP contribution in [0.4, 0.5) is 0 Å². The van der Waals surface area contributed by atoms with Gasteiger partial charge in [-0.05, 0) is 6.42 Å². The first kappa shape index (κ1) is 15.5. The van der Waals surface area contributed by atoms with Crippen LogP contribution in [-0.4, -0.2) is 53.1 Å². The molecule has 0 aliphatic rings. The molecule has 0 heterocycles. The van der Waals surface area contributed by atoms with Gasteiger partial charge in [0.2, 0.25) is 0 Å². The Balaban J connectivity index is 3.38. The fraction of sp³-hybridized carbons (Fsp3) is 0.900. The van der Waals surface area contributed by atoms with Gasteiger partial charge in [0, 0.05) is 26.2 Å². The van der Waals surface area contributed by atoms with Crippen LogP contribution in [0.5, 0.6) is 0 Å². The molecule has 0 rings (SSSR count). The Bertz CT molecular complexity index is 284. The van der Waals surface area contributed by atoms with Crippen molar-refractivity contribution in [3.05, 3.63) is 0 Å². The van der Waals surface area contributed by atoms with Crippen molar-refractivity contribution in [1.29, 1.82) is 0 Å². The number of hydrogen-bond donors (Lipinski definition) is 0. The number of carbonyl (C=O) groups is 1. The van der Waals surface area contributed by atoms with Crippen LogP contribution >= 0.6 is 0 Å². The zero-order valence-electron chi connectivity index (χ0n) is 9.90. The van der Waals surface area contributed by atoms with E-state index in [2.05, 4.69) is 0 Å². The highest BCUT2D eigenvalue weighted by atomic mass is 32.2. The largest absolute Gasteiger partial charge is 0.382 e. The third-order valence-electron chi connectivity index (χ3n) is 1.93. The molecule has 0 bridgehead atoms. The van der Waals surface area contributed by atoms with Gasteiger partial charge in [0.15, 0.2) is 0 Å². The second-order valence-electron chi connectivity index (χ2n) is 3.63. The lowest BCUT2D eigenvalue weighted by atomic mass is 10.2. The molecule has 0 aromatic heterocycles. The number of hydrogen-bond acceptors (Lipinski definition) is 5. The van der Waals surface area contributed by atoms with Crippen LogP contribution in [0.2, 0.25) is 0 Å². The number of Topliss-reactive ketones (excluding diaryl/α,β-unsaturated/α-hetero) is 1. The maximum absolute atomic E-state index is 11.3. The van der Waals surface area contributed by atoms with Gasteiger partial charge in [-0.3, -0.25) is 4.79 Å². The SMILES string of the molecule is COCCOCCC(=O)CCCS(C)(=O)=O. The molecule has 0 spiro atoms. The van der Waals surface area contributed by atoms with Crippen LogP contribution in [0.1, 0.15) is 19.3 Å². The van der Waals surface area contributed by atoms with E-state index in [0.717, 1.165) is 0 Å². The van der Waals surface area contributed by atoms with Crippen LogP contribution in [-0.2, 0) is 24.1 Å². The van der Waals surface area contributed by atoms with E-state index in [4.69, 9.17) is 9.47 Å². The molecule has 6 heteroatoms. The predicted octanol–water partition coefficient (Wildman–Crippen LogP) is 0.433. The Kier molecular flexibility index (Phi) is 8.42. The first-order valence-corrected chi connectivity index (χ1v) is 7.28. The summed E-state index contributed by atoms with van der Waals surface area (Å²) in [5, 5.41) is 0. The topological polar surface area (TPSA) is 69.7 Å². The molecule has 0 aromatic rings. The van der Waals surface area contributed by atoms with Crippen molar-refractivity contribution in [2.75, 3.05) is 38.9 Å². The van der Waals surface area contributed by atoms with E-state index in [1.54, 1.807) is 7.11 Å². The summed E-state index contributed by atoms with van der Waals surface area (Å²) in [6, 6.07) is 0. The number of ketones is 1. The van der Waals surface area contributed by atoms with Gasteiger partial charge in [-0.25, -0.2) is 8.42 Å². The average Bonchev–Trinajstić information content (AvgIpc) is 2.15. The maximum atomic E-state index is 11.3. The zero-order chi connectivity index (χ0) is 12.4. The quantitative estimate of drug-likeness (QED) is 0.527. The summed E-state index contributed by atoms with van der Waals surface area (Å²) < 4.78 is 31.5. The lowest BCUT2D eigenvalue weighted by Crippen LogP contribution is -2.10. The van der Waals surface area contributed by atoms with Crippen molar-refractivity contribution < 1.29 is 22.7 Å². The van der Waals surface area contributed by atoms with E-state index >= 15 is 0 Å². The molecular weight excluding hydrogens is 232 g/mol. The Morgan fingerprint density at radius 2 is 1.81 bits per heavy atom. The van der Waals surface area contributed by atoms with Gasteiger partial charge in [0.1, 0.15) is 15.6 Å². The molecule has 16 heavy (non-hydrogen) atoms. The molecule has 0 amide bonds. The third kappa shape index (κ3) is 11.6. The molecule has 0 aliphatic carbocycles. The van der Waals surface area contributed by atoms with Crippen LogP contribution in [0.3, 0.4) is 0 Å². The monoisotopic (exact) mass is 252 g/mol. The molecule has 0 fully saturated rings. The summed E-state index contributed by atoms with van der Waals surface area (Å²) in [6.45, 7) is 1.37. The number of rotatable bonds is 10. The molecule has 0 saturated heterocycles. The molecule has 0 N–H and O–H groups in total. The summed E-state index contributed by atoms with van der Waals surface area (Å²) >= 11 is 0. The van der Waals surface area contributed by atoms with E-state index < -0.39 is 9.84 Å². The van der Waals surface area contributed by atoms with Crippen molar-refractivity contribution >= 4 is 15.6 Å². The lowest BCUT2D eigenvalue weighted by Gasteiger charge is -2.03. The van der Waals surface area contributed by atoms with Crippen LogP contribution in [0.15, 0.2) is 0 Å². The fourth-order valence-corrected chi connectivity index (χ4v) is 1.76. The molecule has 0 atom stereocenters. The highest BCUT2D eigenvalue weighted by molar-refractivity contribution is 7.90. The summed E-state index contributed by atoms with van der Waals surface area (Å²) in [6.07, 6.45) is 2.22. The molecule has 0 radical (unpaired) electrons. The minimum absolute atomic E-state index is 0.0427. The van der Waals surface area contributed by atoms with E-state index in [1.807, 2.05) is 0 Å². The van der Waals surface area contributed by atoms with Crippen molar-refractivity contribution in [1.82, 2.24) is 0 Å². The second kappa shape index (κ2) is 8.66. The lowest BCUT2D eigenvalue weighted by molar-refractivity contribution is -0.120. The van der Waals surface area contributed by atoms with E-state index in [0.29, 0.717) is 39.1 Å². The summed E-state index contributed by atoms with van der Waals surface area (Å²) in [5.74, 6) is 0.115. The number of carbonyl (C=O) groups excluding carboxylic acids is 1. The average molecular weight is 252 g/mol. The number of ether oxygens (including phenoxy) is 2. The van der Waals surface area contributed by atoms with Crippen molar-refractivity contribution in [2.24, 2.45) is 0 Å². The van der Waals surface area contributed by atoms with Gasteiger partial charge >= 0.3 is 0 Å². The van der Waals surface area contributed by atoms with Gasteiger partial charge in [-0.2, -0.15) is 0 Å². The Morgan fingerprint density at radius 3 is 2.38 bits per heavy atom. The molecular formula is C10H20O5S. The Labute approximate surface area is 97.0 Å². The molecule has 0 aromatic carbocycles. The summed E-state index contributed by atoms with van der Waals surface area (Å²) in [4.78, 5) is 11.3. The van der Waals surface area contributed by atoms with Crippen molar-refractivity contribution in [3.63, 3.8) is 0 Å². The highest BCUT2D eigenvalue weighted by Crippen LogP contribution is 1.98. The Hall–Kier alpha value is -0.460. The summed E-state index contributed by atoms with van der Waals surface area (Å²) in [5.41, 5.74) is 0. The van der Waals surface area contributed by atoms with Crippen molar-refractivity contribution in [3.8, 4) is 0 Å². The fourth-order valence-electron chi connectivity index (χ4n) is 1.09. The molecule has 0 unspecified atom stereocenters. The first-order chi connectivity index (χ1) is 7.45. The normalized spacial score (nSPS) is 11.6. The molecule has 96 valence electrons. The van der Waals surface area contributed by atoms with Gasteiger partial charge in [0.05, 0.1) is 25.6 Å².